The average molecular weight is 297 g/mol. The van der Waals surface area contributed by atoms with E-state index in [2.05, 4.69) is 35.6 Å². The molecule has 1 amide bonds. The molecule has 0 spiro atoms. The lowest BCUT2D eigenvalue weighted by molar-refractivity contribution is 0.0663. The van der Waals surface area contributed by atoms with Gasteiger partial charge in [0.15, 0.2) is 0 Å². The second-order valence-corrected chi connectivity index (χ2v) is 6.05. The molecule has 0 saturated carbocycles. The van der Waals surface area contributed by atoms with E-state index in [0.29, 0.717) is 0 Å². The number of amides is 1. The van der Waals surface area contributed by atoms with Crippen LogP contribution in [0.2, 0.25) is 0 Å². The predicted molar refractivity (Wildman–Crippen MR) is 88.6 cm³/mol. The van der Waals surface area contributed by atoms with Gasteiger partial charge in [0.2, 0.25) is 0 Å². The Labute approximate surface area is 132 Å². The van der Waals surface area contributed by atoms with Crippen molar-refractivity contribution in [1.82, 2.24) is 14.4 Å². The molecule has 1 aliphatic rings. The summed E-state index contributed by atoms with van der Waals surface area (Å²) in [5, 5.41) is 0. The van der Waals surface area contributed by atoms with Gasteiger partial charge in [-0.2, -0.15) is 0 Å². The number of benzene rings is 1. The maximum absolute atomic E-state index is 12.8. The van der Waals surface area contributed by atoms with Gasteiger partial charge in [-0.1, -0.05) is 18.2 Å². The topological polar surface area (TPSA) is 28.5 Å². The first-order valence-corrected chi connectivity index (χ1v) is 7.80. The summed E-state index contributed by atoms with van der Waals surface area (Å²) >= 11 is 0. The summed E-state index contributed by atoms with van der Waals surface area (Å²) in [5.74, 6) is 0.156. The number of carbonyl (C=O) groups excluding carboxylic acids is 1. The summed E-state index contributed by atoms with van der Waals surface area (Å²) in [7, 11) is 2.10. The molecule has 0 atom stereocenters. The highest BCUT2D eigenvalue weighted by Gasteiger charge is 2.24. The summed E-state index contributed by atoms with van der Waals surface area (Å²) in [4.78, 5) is 17.0. The van der Waals surface area contributed by atoms with Gasteiger partial charge in [0.1, 0.15) is 0 Å². The number of hydrogen-bond acceptors (Lipinski definition) is 2. The number of likely N-dealkylation sites (N-methyl/N-ethyl adjacent to an activating group) is 1. The highest BCUT2D eigenvalue weighted by molar-refractivity contribution is 5.96. The van der Waals surface area contributed by atoms with Gasteiger partial charge >= 0.3 is 0 Å². The van der Waals surface area contributed by atoms with E-state index < -0.39 is 0 Å². The molecule has 0 aliphatic carbocycles. The summed E-state index contributed by atoms with van der Waals surface area (Å²) in [6.45, 7) is 7.60. The van der Waals surface area contributed by atoms with E-state index in [1.807, 2.05) is 36.1 Å². The van der Waals surface area contributed by atoms with Crippen LogP contribution in [0.15, 0.2) is 36.4 Å². The van der Waals surface area contributed by atoms with E-state index in [1.54, 1.807) is 0 Å². The SMILES string of the molecule is Cc1cc(C(=O)N2CCN(C)CC2)c(C)n1-c1ccccc1. The molecule has 1 aromatic carbocycles. The fourth-order valence-corrected chi connectivity index (χ4v) is 3.13. The number of piperazine rings is 1. The van der Waals surface area contributed by atoms with Crippen molar-refractivity contribution >= 4 is 5.91 Å². The predicted octanol–water partition coefficient (Wildman–Crippen LogP) is 2.48. The fraction of sp³-hybridized carbons (Fsp3) is 0.389. The summed E-state index contributed by atoms with van der Waals surface area (Å²) in [6, 6.07) is 12.2. The lowest BCUT2D eigenvalue weighted by Crippen LogP contribution is -2.47. The molecule has 4 heteroatoms. The van der Waals surface area contributed by atoms with Gasteiger partial charge in [-0.25, -0.2) is 0 Å². The van der Waals surface area contributed by atoms with Crippen LogP contribution in [0.25, 0.3) is 5.69 Å². The van der Waals surface area contributed by atoms with Crippen molar-refractivity contribution in [3.63, 3.8) is 0 Å². The summed E-state index contributed by atoms with van der Waals surface area (Å²) < 4.78 is 2.16. The molecular formula is C18H23N3O. The van der Waals surface area contributed by atoms with Crippen molar-refractivity contribution in [3.05, 3.63) is 53.3 Å². The minimum Gasteiger partial charge on any atom is -0.336 e. The van der Waals surface area contributed by atoms with Gasteiger partial charge in [0.05, 0.1) is 5.56 Å². The van der Waals surface area contributed by atoms with Gasteiger partial charge in [-0.3, -0.25) is 4.79 Å². The fourth-order valence-electron chi connectivity index (χ4n) is 3.13. The molecule has 3 rings (SSSR count). The lowest BCUT2D eigenvalue weighted by atomic mass is 10.2. The van der Waals surface area contributed by atoms with Gasteiger partial charge in [-0.15, -0.1) is 0 Å². The number of aromatic nitrogens is 1. The highest BCUT2D eigenvalue weighted by Crippen LogP contribution is 2.22. The van der Waals surface area contributed by atoms with Gasteiger partial charge in [-0.05, 0) is 39.1 Å². The van der Waals surface area contributed by atoms with Crippen LogP contribution in [0.4, 0.5) is 0 Å². The van der Waals surface area contributed by atoms with E-state index in [-0.39, 0.29) is 5.91 Å². The van der Waals surface area contributed by atoms with Crippen molar-refractivity contribution < 1.29 is 4.79 Å². The van der Waals surface area contributed by atoms with E-state index in [1.165, 1.54) is 0 Å². The van der Waals surface area contributed by atoms with Crippen LogP contribution in [0.5, 0.6) is 0 Å². The number of aryl methyl sites for hydroxylation is 1. The second kappa shape index (κ2) is 5.97. The number of rotatable bonds is 2. The van der Waals surface area contributed by atoms with Crippen LogP contribution in [0.1, 0.15) is 21.7 Å². The van der Waals surface area contributed by atoms with Crippen molar-refractivity contribution in [1.29, 1.82) is 0 Å². The molecule has 1 saturated heterocycles. The number of para-hydroxylation sites is 1. The molecule has 0 radical (unpaired) electrons. The van der Waals surface area contributed by atoms with Gasteiger partial charge in [0, 0.05) is 43.3 Å². The molecule has 1 aliphatic heterocycles. The third-order valence-electron chi connectivity index (χ3n) is 4.47. The zero-order valence-electron chi connectivity index (χ0n) is 13.5. The largest absolute Gasteiger partial charge is 0.336 e. The third-order valence-corrected chi connectivity index (χ3v) is 4.47. The van der Waals surface area contributed by atoms with E-state index in [4.69, 9.17) is 0 Å². The number of carbonyl (C=O) groups is 1. The molecule has 116 valence electrons. The first-order valence-electron chi connectivity index (χ1n) is 7.80. The molecule has 2 heterocycles. The highest BCUT2D eigenvalue weighted by atomic mass is 16.2. The van der Waals surface area contributed by atoms with Crippen LogP contribution < -0.4 is 0 Å². The van der Waals surface area contributed by atoms with Crippen molar-refractivity contribution in [3.8, 4) is 5.69 Å². The minimum absolute atomic E-state index is 0.156. The Hall–Kier alpha value is -2.07. The maximum Gasteiger partial charge on any atom is 0.255 e. The maximum atomic E-state index is 12.8. The Bertz CT molecular complexity index is 667. The average Bonchev–Trinajstić information content (AvgIpc) is 2.83. The van der Waals surface area contributed by atoms with Crippen molar-refractivity contribution in [2.24, 2.45) is 0 Å². The molecule has 22 heavy (non-hydrogen) atoms. The third kappa shape index (κ3) is 2.66. The number of nitrogens with zero attached hydrogens (tertiary/aromatic N) is 3. The molecule has 0 unspecified atom stereocenters. The minimum atomic E-state index is 0.156. The Balaban J connectivity index is 1.91. The Morgan fingerprint density at radius 2 is 1.64 bits per heavy atom. The molecule has 2 aromatic rings. The van der Waals surface area contributed by atoms with Gasteiger partial charge in [0.25, 0.3) is 5.91 Å². The number of hydrogen-bond donors (Lipinski definition) is 0. The zero-order valence-corrected chi connectivity index (χ0v) is 13.5. The normalized spacial score (nSPS) is 16.0. The van der Waals surface area contributed by atoms with E-state index in [0.717, 1.165) is 48.8 Å². The first kappa shape index (κ1) is 14.9. The smallest absolute Gasteiger partial charge is 0.255 e. The molecule has 4 nitrogen and oxygen atoms in total. The first-order chi connectivity index (χ1) is 10.6. The second-order valence-electron chi connectivity index (χ2n) is 6.05. The standard InChI is InChI=1S/C18H23N3O/c1-14-13-17(18(22)20-11-9-19(3)10-12-20)15(2)21(14)16-7-5-4-6-8-16/h4-8,13H,9-12H2,1-3H3. The van der Waals surface area contributed by atoms with Crippen LogP contribution in [-0.2, 0) is 0 Å². The Kier molecular flexibility index (Phi) is 4.03. The van der Waals surface area contributed by atoms with E-state index in [9.17, 15) is 4.79 Å². The van der Waals surface area contributed by atoms with Crippen LogP contribution >= 0.6 is 0 Å². The molecule has 0 bridgehead atoms. The lowest BCUT2D eigenvalue weighted by Gasteiger charge is -2.32. The van der Waals surface area contributed by atoms with Crippen LogP contribution in [0, 0.1) is 13.8 Å². The zero-order chi connectivity index (χ0) is 15.7. The quantitative estimate of drug-likeness (QED) is 0.852. The van der Waals surface area contributed by atoms with Crippen molar-refractivity contribution in [2.75, 3.05) is 33.2 Å². The molecule has 1 fully saturated rings. The molecule has 1 aromatic heterocycles. The van der Waals surface area contributed by atoms with Crippen molar-refractivity contribution in [2.45, 2.75) is 13.8 Å². The van der Waals surface area contributed by atoms with Crippen LogP contribution in [-0.4, -0.2) is 53.5 Å². The summed E-state index contributed by atoms with van der Waals surface area (Å²) in [5.41, 5.74) is 4.05. The Morgan fingerprint density at radius 1 is 1.00 bits per heavy atom. The summed E-state index contributed by atoms with van der Waals surface area (Å²) in [6.07, 6.45) is 0. The van der Waals surface area contributed by atoms with E-state index >= 15 is 0 Å². The monoisotopic (exact) mass is 297 g/mol. The Morgan fingerprint density at radius 3 is 2.27 bits per heavy atom. The van der Waals surface area contributed by atoms with Crippen LogP contribution in [0.3, 0.4) is 0 Å². The van der Waals surface area contributed by atoms with Gasteiger partial charge < -0.3 is 14.4 Å². The molecular weight excluding hydrogens is 274 g/mol. The molecule has 0 N–H and O–H groups in total.